The Hall–Kier alpha value is -1.16. The van der Waals surface area contributed by atoms with Crippen molar-refractivity contribution in [1.29, 1.82) is 0 Å². The Morgan fingerprint density at radius 2 is 2.40 bits per heavy atom. The number of alkyl halides is 1. The fraction of sp³-hybridized carbons (Fsp3) is 0.545. The zero-order chi connectivity index (χ0) is 10.7. The topological polar surface area (TPSA) is 50.9 Å². The van der Waals surface area contributed by atoms with Gasteiger partial charge in [-0.25, -0.2) is 9.37 Å². The summed E-state index contributed by atoms with van der Waals surface area (Å²) in [6.45, 7) is 0.894. The van der Waals surface area contributed by atoms with Crippen LogP contribution in [0.1, 0.15) is 31.0 Å². The molecule has 2 unspecified atom stereocenters. The van der Waals surface area contributed by atoms with Crippen molar-refractivity contribution >= 4 is 5.82 Å². The number of nitrogens with two attached hydrogens (primary N) is 1. The second-order valence-electron chi connectivity index (χ2n) is 3.94. The van der Waals surface area contributed by atoms with Crippen LogP contribution in [0.15, 0.2) is 18.3 Å². The second kappa shape index (κ2) is 4.57. The predicted molar refractivity (Wildman–Crippen MR) is 58.1 cm³/mol. The van der Waals surface area contributed by atoms with Crippen molar-refractivity contribution in [1.82, 2.24) is 10.3 Å². The van der Waals surface area contributed by atoms with E-state index in [1.54, 1.807) is 18.3 Å². The first-order valence-electron chi connectivity index (χ1n) is 5.37. The highest BCUT2D eigenvalue weighted by atomic mass is 19.1. The number of aromatic nitrogens is 1. The molecule has 0 amide bonds. The molecule has 1 aliphatic rings. The van der Waals surface area contributed by atoms with Crippen LogP contribution in [0.2, 0.25) is 0 Å². The van der Waals surface area contributed by atoms with Crippen LogP contribution < -0.4 is 11.1 Å². The lowest BCUT2D eigenvalue weighted by atomic mass is 9.96. The number of nitrogen functional groups attached to an aromatic ring is 1. The van der Waals surface area contributed by atoms with Crippen molar-refractivity contribution < 1.29 is 4.39 Å². The van der Waals surface area contributed by atoms with Gasteiger partial charge in [-0.1, -0.05) is 12.5 Å². The highest BCUT2D eigenvalue weighted by molar-refractivity contribution is 5.40. The fourth-order valence-electron chi connectivity index (χ4n) is 2.01. The molecule has 0 radical (unpaired) electrons. The molecular weight excluding hydrogens is 193 g/mol. The van der Waals surface area contributed by atoms with Crippen LogP contribution in [0.4, 0.5) is 10.2 Å². The molecule has 0 aromatic carbocycles. The van der Waals surface area contributed by atoms with Crippen LogP contribution in [-0.4, -0.2) is 17.6 Å². The molecule has 0 saturated carbocycles. The lowest BCUT2D eigenvalue weighted by Crippen LogP contribution is -2.37. The number of pyridine rings is 1. The van der Waals surface area contributed by atoms with Gasteiger partial charge in [-0.2, -0.15) is 0 Å². The Labute approximate surface area is 88.9 Å². The van der Waals surface area contributed by atoms with E-state index in [-0.39, 0.29) is 6.04 Å². The number of hydrogen-bond acceptors (Lipinski definition) is 3. The molecule has 1 aliphatic heterocycles. The van der Waals surface area contributed by atoms with Gasteiger partial charge in [-0.15, -0.1) is 0 Å². The molecule has 1 saturated heterocycles. The third-order valence-corrected chi connectivity index (χ3v) is 2.87. The minimum Gasteiger partial charge on any atom is -0.383 e. The average molecular weight is 209 g/mol. The van der Waals surface area contributed by atoms with Crippen LogP contribution in [0, 0.1) is 0 Å². The summed E-state index contributed by atoms with van der Waals surface area (Å²) in [7, 11) is 0. The van der Waals surface area contributed by atoms with Crippen LogP contribution in [0.25, 0.3) is 0 Å². The third kappa shape index (κ3) is 2.26. The van der Waals surface area contributed by atoms with Gasteiger partial charge in [0.1, 0.15) is 12.0 Å². The van der Waals surface area contributed by atoms with E-state index in [1.165, 1.54) is 0 Å². The fourth-order valence-corrected chi connectivity index (χ4v) is 2.01. The summed E-state index contributed by atoms with van der Waals surface area (Å²) in [5.41, 5.74) is 6.16. The predicted octanol–water partition coefficient (Wildman–Crippen LogP) is 1.82. The molecule has 15 heavy (non-hydrogen) atoms. The van der Waals surface area contributed by atoms with Crippen molar-refractivity contribution in [2.24, 2.45) is 0 Å². The summed E-state index contributed by atoms with van der Waals surface area (Å²) in [6, 6.07) is 3.33. The average Bonchev–Trinajstić information content (AvgIpc) is 2.30. The smallest absolute Gasteiger partial charge is 0.144 e. The van der Waals surface area contributed by atoms with Gasteiger partial charge in [0.15, 0.2) is 0 Å². The van der Waals surface area contributed by atoms with E-state index in [2.05, 4.69) is 10.3 Å². The summed E-state index contributed by atoms with van der Waals surface area (Å²) in [6.07, 6.45) is 3.62. The maximum absolute atomic E-state index is 14.1. The molecule has 4 heteroatoms. The molecule has 0 bridgehead atoms. The first-order chi connectivity index (χ1) is 7.29. The second-order valence-corrected chi connectivity index (χ2v) is 3.94. The molecule has 1 fully saturated rings. The molecular formula is C11H16FN3. The molecule has 0 aliphatic carbocycles. The van der Waals surface area contributed by atoms with Crippen molar-refractivity contribution in [3.8, 4) is 0 Å². The van der Waals surface area contributed by atoms with Gasteiger partial charge in [0.25, 0.3) is 0 Å². The SMILES string of the molecule is Nc1ncccc1C(F)C1CCCCN1. The van der Waals surface area contributed by atoms with Crippen molar-refractivity contribution in [3.63, 3.8) is 0 Å². The number of hydrogen-bond donors (Lipinski definition) is 2. The minimum atomic E-state index is -1.04. The summed E-state index contributed by atoms with van der Waals surface area (Å²) in [5, 5.41) is 3.19. The van der Waals surface area contributed by atoms with E-state index in [9.17, 15) is 4.39 Å². The molecule has 2 heterocycles. The van der Waals surface area contributed by atoms with E-state index in [0.29, 0.717) is 11.4 Å². The van der Waals surface area contributed by atoms with Crippen molar-refractivity contribution in [2.45, 2.75) is 31.5 Å². The van der Waals surface area contributed by atoms with E-state index < -0.39 is 6.17 Å². The summed E-state index contributed by atoms with van der Waals surface area (Å²) < 4.78 is 14.1. The molecule has 0 spiro atoms. The number of nitrogens with one attached hydrogen (secondary N) is 1. The third-order valence-electron chi connectivity index (χ3n) is 2.87. The number of rotatable bonds is 2. The number of anilines is 1. The molecule has 2 atom stereocenters. The van der Waals surface area contributed by atoms with Crippen molar-refractivity contribution in [2.75, 3.05) is 12.3 Å². The maximum atomic E-state index is 14.1. The van der Waals surface area contributed by atoms with Gasteiger partial charge in [-0.05, 0) is 25.5 Å². The van der Waals surface area contributed by atoms with Gasteiger partial charge in [0.2, 0.25) is 0 Å². The quantitative estimate of drug-likeness (QED) is 0.781. The Morgan fingerprint density at radius 3 is 3.07 bits per heavy atom. The van der Waals surface area contributed by atoms with Crippen LogP contribution in [-0.2, 0) is 0 Å². The Balaban J connectivity index is 2.12. The number of nitrogens with zero attached hydrogens (tertiary/aromatic N) is 1. The monoisotopic (exact) mass is 209 g/mol. The van der Waals surface area contributed by atoms with Gasteiger partial charge < -0.3 is 11.1 Å². The minimum absolute atomic E-state index is 0.106. The highest BCUT2D eigenvalue weighted by Gasteiger charge is 2.25. The zero-order valence-electron chi connectivity index (χ0n) is 8.62. The largest absolute Gasteiger partial charge is 0.383 e. The number of piperidine rings is 1. The maximum Gasteiger partial charge on any atom is 0.144 e. The van der Waals surface area contributed by atoms with Crippen LogP contribution >= 0.6 is 0 Å². The molecule has 82 valence electrons. The van der Waals surface area contributed by atoms with Crippen LogP contribution in [0.5, 0.6) is 0 Å². The summed E-state index contributed by atoms with van der Waals surface area (Å²) in [5.74, 6) is 0.303. The van der Waals surface area contributed by atoms with Gasteiger partial charge in [-0.3, -0.25) is 0 Å². The molecule has 3 nitrogen and oxygen atoms in total. The van der Waals surface area contributed by atoms with Gasteiger partial charge in [0, 0.05) is 17.8 Å². The van der Waals surface area contributed by atoms with E-state index in [0.717, 1.165) is 25.8 Å². The van der Waals surface area contributed by atoms with Crippen molar-refractivity contribution in [3.05, 3.63) is 23.9 Å². The van der Waals surface area contributed by atoms with Gasteiger partial charge >= 0.3 is 0 Å². The van der Waals surface area contributed by atoms with E-state index >= 15 is 0 Å². The first-order valence-corrected chi connectivity index (χ1v) is 5.37. The van der Waals surface area contributed by atoms with E-state index in [1.807, 2.05) is 0 Å². The Morgan fingerprint density at radius 1 is 1.53 bits per heavy atom. The lowest BCUT2D eigenvalue weighted by molar-refractivity contribution is 0.221. The molecule has 2 rings (SSSR count). The zero-order valence-corrected chi connectivity index (χ0v) is 8.62. The van der Waals surface area contributed by atoms with E-state index in [4.69, 9.17) is 5.73 Å². The van der Waals surface area contributed by atoms with Crippen LogP contribution in [0.3, 0.4) is 0 Å². The standard InChI is InChI=1S/C11H16FN3/c12-10(9-5-1-2-6-14-9)8-4-3-7-15-11(8)13/h3-4,7,9-10,14H,1-2,5-6H2,(H2,13,15). The highest BCUT2D eigenvalue weighted by Crippen LogP contribution is 2.28. The normalized spacial score (nSPS) is 23.7. The molecule has 1 aromatic heterocycles. The van der Waals surface area contributed by atoms with Gasteiger partial charge in [0.05, 0.1) is 0 Å². The summed E-state index contributed by atoms with van der Waals surface area (Å²) >= 11 is 0. The lowest BCUT2D eigenvalue weighted by Gasteiger charge is -2.27. The first kappa shape index (κ1) is 10.4. The Bertz CT molecular complexity index is 323. The number of halogens is 1. The Kier molecular flexibility index (Phi) is 3.16. The molecule has 3 N–H and O–H groups in total. The summed E-state index contributed by atoms with van der Waals surface area (Å²) in [4.78, 5) is 3.91. The molecule has 1 aromatic rings.